The fraction of sp³-hybridized carbons (Fsp3) is 0.241. The average molecular weight is 491 g/mol. The number of hydrogen-bond donors (Lipinski definition) is 0. The van der Waals surface area contributed by atoms with E-state index in [-0.39, 0.29) is 11.3 Å². The van der Waals surface area contributed by atoms with Gasteiger partial charge in [-0.15, -0.1) is 0 Å². The molecule has 0 spiro atoms. The Balaban J connectivity index is 1.89. The number of carbonyl (C=O) groups excluding carboxylic acids is 2. The number of allylic oxidation sites excluding steroid dienone is 2. The number of esters is 2. The highest BCUT2D eigenvalue weighted by Gasteiger charge is 2.21. The number of hydrogen-bond acceptors (Lipinski definition) is 7. The van der Waals surface area contributed by atoms with Crippen molar-refractivity contribution in [1.29, 1.82) is 0 Å². The summed E-state index contributed by atoms with van der Waals surface area (Å²) >= 11 is 0. The number of carbonyl (C=O) groups is 2. The minimum Gasteiger partial charge on any atom is -0.493 e. The predicted octanol–water partition coefficient (Wildman–Crippen LogP) is 5.80. The van der Waals surface area contributed by atoms with Crippen LogP contribution in [0.2, 0.25) is 0 Å². The molecule has 0 saturated carbocycles. The van der Waals surface area contributed by atoms with E-state index in [1.165, 1.54) is 27.4 Å². The zero-order valence-electron chi connectivity index (χ0n) is 21.1. The molecule has 7 nitrogen and oxygen atoms in total. The van der Waals surface area contributed by atoms with E-state index < -0.39 is 11.9 Å². The van der Waals surface area contributed by atoms with Gasteiger partial charge in [0.25, 0.3) is 0 Å². The first-order valence-electron chi connectivity index (χ1n) is 11.4. The van der Waals surface area contributed by atoms with Crippen LogP contribution in [0.25, 0.3) is 0 Å². The third kappa shape index (κ3) is 6.66. The van der Waals surface area contributed by atoms with Gasteiger partial charge in [-0.3, -0.25) is 0 Å². The second kappa shape index (κ2) is 12.4. The number of benzene rings is 3. The molecule has 0 unspecified atom stereocenters. The van der Waals surface area contributed by atoms with Crippen LogP contribution < -0.4 is 18.9 Å². The molecular formula is C29H30O7. The topological polar surface area (TPSA) is 80.3 Å². The summed E-state index contributed by atoms with van der Waals surface area (Å²) in [6, 6.07) is 17.6. The van der Waals surface area contributed by atoms with Crippen molar-refractivity contribution >= 4 is 11.9 Å². The second-order valence-corrected chi connectivity index (χ2v) is 8.17. The van der Waals surface area contributed by atoms with Crippen LogP contribution in [0.4, 0.5) is 0 Å². The first-order chi connectivity index (χ1) is 17.4. The zero-order valence-corrected chi connectivity index (χ0v) is 21.1. The Hall–Kier alpha value is -4.26. The lowest BCUT2D eigenvalue weighted by molar-refractivity contribution is 0.0596. The van der Waals surface area contributed by atoms with Crippen LogP contribution in [-0.4, -0.2) is 33.3 Å². The largest absolute Gasteiger partial charge is 0.493 e. The first-order valence-corrected chi connectivity index (χ1v) is 11.4. The number of rotatable bonds is 10. The van der Waals surface area contributed by atoms with Gasteiger partial charge in [-0.25, -0.2) is 9.59 Å². The maximum atomic E-state index is 13.1. The maximum Gasteiger partial charge on any atom is 0.343 e. The molecule has 0 fully saturated rings. The molecule has 0 amide bonds. The molecule has 7 heteroatoms. The van der Waals surface area contributed by atoms with E-state index in [4.69, 9.17) is 23.7 Å². The van der Waals surface area contributed by atoms with Crippen molar-refractivity contribution in [2.24, 2.45) is 0 Å². The van der Waals surface area contributed by atoms with E-state index in [0.29, 0.717) is 41.4 Å². The molecule has 0 bridgehead atoms. The minimum atomic E-state index is -0.645. The fourth-order valence-electron chi connectivity index (χ4n) is 3.43. The average Bonchev–Trinajstić information content (AvgIpc) is 2.90. The molecule has 3 rings (SSSR count). The summed E-state index contributed by atoms with van der Waals surface area (Å²) in [5.74, 6) is 0.127. The summed E-state index contributed by atoms with van der Waals surface area (Å²) in [5, 5.41) is 0. The molecule has 3 aromatic rings. The molecule has 0 aliphatic heterocycles. The van der Waals surface area contributed by atoms with E-state index in [2.05, 4.69) is 0 Å². The molecule has 0 aliphatic carbocycles. The normalized spacial score (nSPS) is 10.2. The molecule has 3 aromatic carbocycles. The molecule has 0 heterocycles. The molecule has 0 N–H and O–H groups in total. The maximum absolute atomic E-state index is 13.1. The van der Waals surface area contributed by atoms with Gasteiger partial charge in [-0.05, 0) is 61.7 Å². The van der Waals surface area contributed by atoms with E-state index in [0.717, 1.165) is 11.1 Å². The summed E-state index contributed by atoms with van der Waals surface area (Å²) < 4.78 is 27.3. The molecule has 0 atom stereocenters. The Labute approximate surface area is 211 Å². The zero-order chi connectivity index (χ0) is 26.1. The smallest absolute Gasteiger partial charge is 0.343 e. The molecule has 0 saturated heterocycles. The van der Waals surface area contributed by atoms with E-state index in [9.17, 15) is 9.59 Å². The molecule has 36 heavy (non-hydrogen) atoms. The summed E-state index contributed by atoms with van der Waals surface area (Å²) in [6.45, 7) is 4.24. The van der Waals surface area contributed by atoms with Crippen LogP contribution in [0.1, 0.15) is 45.7 Å². The van der Waals surface area contributed by atoms with Crippen molar-refractivity contribution in [1.82, 2.24) is 0 Å². The van der Waals surface area contributed by atoms with Gasteiger partial charge in [0, 0.05) is 0 Å². The number of methoxy groups -OCH3 is 3. The molecule has 0 aliphatic rings. The van der Waals surface area contributed by atoms with Crippen LogP contribution >= 0.6 is 0 Å². The Kier molecular flexibility index (Phi) is 9.11. The van der Waals surface area contributed by atoms with E-state index >= 15 is 0 Å². The fourth-order valence-corrected chi connectivity index (χ4v) is 3.43. The molecule has 0 radical (unpaired) electrons. The van der Waals surface area contributed by atoms with Gasteiger partial charge in [0.1, 0.15) is 6.61 Å². The Morgan fingerprint density at radius 2 is 1.50 bits per heavy atom. The summed E-state index contributed by atoms with van der Waals surface area (Å²) in [7, 11) is 4.30. The van der Waals surface area contributed by atoms with Gasteiger partial charge >= 0.3 is 11.9 Å². The Bertz CT molecular complexity index is 1240. The molecule has 0 aromatic heterocycles. The quantitative estimate of drug-likeness (QED) is 0.202. The van der Waals surface area contributed by atoms with Crippen molar-refractivity contribution in [3.05, 3.63) is 94.6 Å². The summed E-state index contributed by atoms with van der Waals surface area (Å²) in [6.07, 6.45) is 2.49. The highest BCUT2D eigenvalue weighted by Crippen LogP contribution is 2.34. The van der Waals surface area contributed by atoms with Gasteiger partial charge in [0.2, 0.25) is 0 Å². The summed E-state index contributed by atoms with van der Waals surface area (Å²) in [4.78, 5) is 25.5. The van der Waals surface area contributed by atoms with Crippen LogP contribution in [0, 0.1) is 0 Å². The third-order valence-corrected chi connectivity index (χ3v) is 5.36. The van der Waals surface area contributed by atoms with Crippen molar-refractivity contribution in [3.63, 3.8) is 0 Å². The van der Waals surface area contributed by atoms with Crippen LogP contribution in [-0.2, 0) is 17.8 Å². The second-order valence-electron chi connectivity index (χ2n) is 8.17. The van der Waals surface area contributed by atoms with Gasteiger partial charge in [0.15, 0.2) is 23.0 Å². The summed E-state index contributed by atoms with van der Waals surface area (Å²) in [5.41, 5.74) is 3.31. The highest BCUT2D eigenvalue weighted by atomic mass is 16.6. The first kappa shape index (κ1) is 26.3. The van der Waals surface area contributed by atoms with Crippen molar-refractivity contribution in [2.45, 2.75) is 26.9 Å². The van der Waals surface area contributed by atoms with Crippen molar-refractivity contribution < 1.29 is 33.3 Å². The van der Waals surface area contributed by atoms with Gasteiger partial charge < -0.3 is 23.7 Å². The number of ether oxygens (including phenoxy) is 5. The van der Waals surface area contributed by atoms with Crippen LogP contribution in [0.3, 0.4) is 0 Å². The van der Waals surface area contributed by atoms with Crippen molar-refractivity contribution in [3.8, 4) is 23.0 Å². The monoisotopic (exact) mass is 490 g/mol. The molecule has 188 valence electrons. The third-order valence-electron chi connectivity index (χ3n) is 5.36. The lowest BCUT2D eigenvalue weighted by Gasteiger charge is -2.15. The Morgan fingerprint density at radius 3 is 2.14 bits per heavy atom. The van der Waals surface area contributed by atoms with Gasteiger partial charge in [0.05, 0.1) is 32.5 Å². The standard InChI is InChI=1S/C29H30O7/c1-19(2)11-12-21-15-25(33-4)27(17-23(21)29(31)34-5)36-28(30)22-13-14-24(32-3)26(16-22)35-18-20-9-7-6-8-10-20/h6-11,13-17H,12,18H2,1-5H3. The Morgan fingerprint density at radius 1 is 0.778 bits per heavy atom. The lowest BCUT2D eigenvalue weighted by Crippen LogP contribution is -2.12. The SMILES string of the molecule is COC(=O)c1cc(OC(=O)c2ccc(OC)c(OCc3ccccc3)c2)c(OC)cc1CC=C(C)C. The minimum absolute atomic E-state index is 0.103. The highest BCUT2D eigenvalue weighted by molar-refractivity contribution is 5.94. The van der Waals surface area contributed by atoms with E-state index in [1.807, 2.05) is 50.3 Å². The lowest BCUT2D eigenvalue weighted by atomic mass is 10.0. The van der Waals surface area contributed by atoms with Crippen molar-refractivity contribution in [2.75, 3.05) is 21.3 Å². The van der Waals surface area contributed by atoms with Crippen LogP contribution in [0.5, 0.6) is 23.0 Å². The van der Waals surface area contributed by atoms with Gasteiger partial charge in [-0.2, -0.15) is 0 Å². The van der Waals surface area contributed by atoms with Crippen LogP contribution in [0.15, 0.2) is 72.3 Å². The molecular weight excluding hydrogens is 460 g/mol. The predicted molar refractivity (Wildman–Crippen MR) is 136 cm³/mol. The van der Waals surface area contributed by atoms with E-state index in [1.54, 1.807) is 24.3 Å². The van der Waals surface area contributed by atoms with Gasteiger partial charge in [-0.1, -0.05) is 42.0 Å².